The monoisotopic (exact) mass is 294 g/mol. The molecule has 3 heterocycles. The third kappa shape index (κ3) is 3.30. The van der Waals surface area contributed by atoms with Crippen LogP contribution in [-0.4, -0.2) is 48.1 Å². The number of hydrogen-bond donors (Lipinski definition) is 0. The Morgan fingerprint density at radius 2 is 2.38 bits per heavy atom. The van der Waals surface area contributed by atoms with Crippen LogP contribution in [0, 0.1) is 6.92 Å². The molecule has 2 aliphatic rings. The fourth-order valence-electron chi connectivity index (χ4n) is 3.59. The van der Waals surface area contributed by atoms with Crippen LogP contribution in [0.3, 0.4) is 0 Å². The Morgan fingerprint density at radius 3 is 3.00 bits per heavy atom. The largest absolute Gasteiger partial charge is 0.378 e. The Hall–Kier alpha value is -0.910. The fourth-order valence-corrected chi connectivity index (χ4v) is 3.59. The number of likely N-dealkylation sites (tertiary alicyclic amines) is 1. The van der Waals surface area contributed by atoms with Crippen molar-refractivity contribution in [3.8, 4) is 0 Å². The second-order valence-electron chi connectivity index (χ2n) is 6.65. The zero-order valence-electron chi connectivity index (χ0n) is 13.3. The van der Waals surface area contributed by atoms with Crippen LogP contribution in [0.15, 0.2) is 10.6 Å². The summed E-state index contributed by atoms with van der Waals surface area (Å²) in [5, 5.41) is 4.04. The molecule has 0 spiro atoms. The van der Waals surface area contributed by atoms with Gasteiger partial charge in [-0.25, -0.2) is 0 Å². The molecule has 2 fully saturated rings. The molecule has 2 saturated heterocycles. The Balaban J connectivity index is 1.72. The summed E-state index contributed by atoms with van der Waals surface area (Å²) in [5.41, 5.74) is 0.792. The van der Waals surface area contributed by atoms with Gasteiger partial charge >= 0.3 is 0 Å². The zero-order chi connectivity index (χ0) is 14.9. The molecule has 3 rings (SSSR count). The highest BCUT2D eigenvalue weighted by atomic mass is 16.6. The van der Waals surface area contributed by atoms with Gasteiger partial charge < -0.3 is 14.0 Å². The van der Waals surface area contributed by atoms with Gasteiger partial charge in [-0.3, -0.25) is 4.90 Å². The van der Waals surface area contributed by atoms with Crippen LogP contribution in [-0.2, 0) is 9.47 Å². The van der Waals surface area contributed by atoms with Crippen LogP contribution in [0.2, 0.25) is 0 Å². The standard InChI is InChI=1S/C16H26N2O3/c1-12(2)20-16(6-8-19-11-16)10-18-7-4-5-14(18)15-9-13(3)17-21-15/h9,12,14H,4-8,10-11H2,1-3H3. The first-order valence-corrected chi connectivity index (χ1v) is 8.01. The maximum atomic E-state index is 6.24. The first-order valence-electron chi connectivity index (χ1n) is 8.01. The maximum absolute atomic E-state index is 6.24. The lowest BCUT2D eigenvalue weighted by Crippen LogP contribution is -2.47. The van der Waals surface area contributed by atoms with Crippen molar-refractivity contribution >= 4 is 0 Å². The minimum Gasteiger partial charge on any atom is -0.378 e. The molecule has 0 saturated carbocycles. The molecule has 2 unspecified atom stereocenters. The van der Waals surface area contributed by atoms with E-state index in [4.69, 9.17) is 14.0 Å². The van der Waals surface area contributed by atoms with Crippen LogP contribution in [0.5, 0.6) is 0 Å². The molecule has 0 bridgehead atoms. The second-order valence-corrected chi connectivity index (χ2v) is 6.65. The first kappa shape index (κ1) is 15.0. The maximum Gasteiger partial charge on any atom is 0.154 e. The van der Waals surface area contributed by atoms with Gasteiger partial charge in [0, 0.05) is 25.6 Å². The SMILES string of the molecule is Cc1cc(C2CCCN2CC2(OC(C)C)CCOC2)on1. The molecule has 2 aliphatic heterocycles. The summed E-state index contributed by atoms with van der Waals surface area (Å²) in [7, 11) is 0. The summed E-state index contributed by atoms with van der Waals surface area (Å²) in [6.45, 7) is 9.67. The minimum atomic E-state index is -0.161. The van der Waals surface area contributed by atoms with E-state index in [1.165, 1.54) is 6.42 Å². The van der Waals surface area contributed by atoms with Crippen molar-refractivity contribution in [2.24, 2.45) is 0 Å². The molecule has 0 radical (unpaired) electrons. The lowest BCUT2D eigenvalue weighted by Gasteiger charge is -2.36. The van der Waals surface area contributed by atoms with Gasteiger partial charge in [0.05, 0.1) is 24.4 Å². The molecule has 0 aromatic carbocycles. The molecule has 5 nitrogen and oxygen atoms in total. The van der Waals surface area contributed by atoms with Crippen molar-refractivity contribution in [2.75, 3.05) is 26.3 Å². The molecule has 5 heteroatoms. The summed E-state index contributed by atoms with van der Waals surface area (Å²) in [6, 6.07) is 2.39. The molecule has 0 aliphatic carbocycles. The van der Waals surface area contributed by atoms with E-state index >= 15 is 0 Å². The van der Waals surface area contributed by atoms with Crippen molar-refractivity contribution in [2.45, 2.75) is 57.8 Å². The number of aromatic nitrogens is 1. The van der Waals surface area contributed by atoms with E-state index in [1.807, 2.05) is 6.92 Å². The van der Waals surface area contributed by atoms with Gasteiger partial charge in [0.25, 0.3) is 0 Å². The second kappa shape index (κ2) is 6.07. The van der Waals surface area contributed by atoms with Crippen molar-refractivity contribution < 1.29 is 14.0 Å². The van der Waals surface area contributed by atoms with Gasteiger partial charge in [-0.1, -0.05) is 5.16 Å². The normalized spacial score (nSPS) is 30.6. The molecule has 0 amide bonds. The lowest BCUT2D eigenvalue weighted by atomic mass is 10.0. The van der Waals surface area contributed by atoms with E-state index in [9.17, 15) is 0 Å². The Labute approximate surface area is 126 Å². The van der Waals surface area contributed by atoms with Crippen molar-refractivity contribution in [1.29, 1.82) is 0 Å². The number of hydrogen-bond acceptors (Lipinski definition) is 5. The van der Waals surface area contributed by atoms with Crippen LogP contribution < -0.4 is 0 Å². The summed E-state index contributed by atoms with van der Waals surface area (Å²) in [4.78, 5) is 2.48. The van der Waals surface area contributed by atoms with Crippen LogP contribution in [0.4, 0.5) is 0 Å². The highest BCUT2D eigenvalue weighted by Crippen LogP contribution is 2.36. The number of rotatable bonds is 5. The van der Waals surface area contributed by atoms with Crippen molar-refractivity contribution in [1.82, 2.24) is 10.1 Å². The van der Waals surface area contributed by atoms with Crippen molar-refractivity contribution in [3.63, 3.8) is 0 Å². The average molecular weight is 294 g/mol. The van der Waals surface area contributed by atoms with Crippen LogP contribution >= 0.6 is 0 Å². The third-order valence-corrected chi connectivity index (χ3v) is 4.38. The number of aryl methyl sites for hydroxylation is 1. The van der Waals surface area contributed by atoms with Gasteiger partial charge in [-0.05, 0) is 40.2 Å². The number of nitrogens with zero attached hydrogens (tertiary/aromatic N) is 2. The smallest absolute Gasteiger partial charge is 0.154 e. The van der Waals surface area contributed by atoms with Crippen molar-refractivity contribution in [3.05, 3.63) is 17.5 Å². The van der Waals surface area contributed by atoms with Gasteiger partial charge in [0.1, 0.15) is 5.60 Å². The Morgan fingerprint density at radius 1 is 1.52 bits per heavy atom. The third-order valence-electron chi connectivity index (χ3n) is 4.38. The Bertz CT molecular complexity index is 466. The van der Waals surface area contributed by atoms with Crippen LogP contribution in [0.1, 0.15) is 50.6 Å². The molecule has 0 N–H and O–H groups in total. The highest BCUT2D eigenvalue weighted by Gasteiger charge is 2.42. The molecular formula is C16H26N2O3. The van der Waals surface area contributed by atoms with E-state index in [1.54, 1.807) is 0 Å². The molecule has 2 atom stereocenters. The predicted octanol–water partition coefficient (Wildman–Crippen LogP) is 2.70. The van der Waals surface area contributed by atoms with E-state index in [-0.39, 0.29) is 11.7 Å². The van der Waals surface area contributed by atoms with Gasteiger partial charge in [0.2, 0.25) is 0 Å². The molecule has 21 heavy (non-hydrogen) atoms. The van der Waals surface area contributed by atoms with E-state index in [2.05, 4.69) is 30.0 Å². The van der Waals surface area contributed by atoms with Gasteiger partial charge in [-0.15, -0.1) is 0 Å². The zero-order valence-corrected chi connectivity index (χ0v) is 13.3. The van der Waals surface area contributed by atoms with E-state index < -0.39 is 0 Å². The minimum absolute atomic E-state index is 0.161. The summed E-state index contributed by atoms with van der Waals surface area (Å²) < 4.78 is 17.4. The number of ether oxygens (including phenoxy) is 2. The summed E-state index contributed by atoms with van der Waals surface area (Å²) >= 11 is 0. The van der Waals surface area contributed by atoms with Gasteiger partial charge in [-0.2, -0.15) is 0 Å². The topological polar surface area (TPSA) is 47.7 Å². The summed E-state index contributed by atoms with van der Waals surface area (Å²) in [5.74, 6) is 0.989. The lowest BCUT2D eigenvalue weighted by molar-refractivity contribution is -0.0997. The van der Waals surface area contributed by atoms with E-state index in [0.29, 0.717) is 12.6 Å². The van der Waals surface area contributed by atoms with Crippen LogP contribution in [0.25, 0.3) is 0 Å². The quantitative estimate of drug-likeness (QED) is 0.835. The van der Waals surface area contributed by atoms with Gasteiger partial charge in [0.15, 0.2) is 5.76 Å². The highest BCUT2D eigenvalue weighted by molar-refractivity contribution is 5.10. The molecule has 118 valence electrons. The fraction of sp³-hybridized carbons (Fsp3) is 0.812. The summed E-state index contributed by atoms with van der Waals surface area (Å²) in [6.07, 6.45) is 3.53. The first-order chi connectivity index (χ1) is 10.1. The Kier molecular flexibility index (Phi) is 4.33. The average Bonchev–Trinajstić information content (AvgIpc) is 3.11. The predicted molar refractivity (Wildman–Crippen MR) is 79.2 cm³/mol. The molecule has 1 aromatic heterocycles. The van der Waals surface area contributed by atoms with E-state index in [0.717, 1.165) is 44.0 Å². The molecular weight excluding hydrogens is 268 g/mol. The molecule has 1 aromatic rings.